The van der Waals surface area contributed by atoms with E-state index < -0.39 is 89.4 Å². The SMILES string of the molecule is CC[C@H]1OC(=O)[C@H](C)[C@@H](O[C@H]2C[C@@](C)(OC)[C@@H](O)[C@H](C)O2)[C@H](C)[C@@H](C[C@@H]2O[C@H](C)C[C@H](N(C)C)[C@H]2O)[C@](C)(OC)C[C@@H](C)C(=O)/C(C)=C/[C@]1(C)O. The maximum absolute atomic E-state index is 14.2. The number of likely N-dealkylation sites (N-methyl/N-ethyl adjacent to an activating group) is 1. The molecule has 12 heteroatoms. The number of carbonyl (C=O) groups excluding carboxylic acids is 2. The molecule has 3 aliphatic heterocycles. The lowest BCUT2D eigenvalue weighted by Crippen LogP contribution is -2.58. The number of ketones is 1. The summed E-state index contributed by atoms with van der Waals surface area (Å²) in [7, 11) is 7.05. The van der Waals surface area contributed by atoms with Gasteiger partial charge in [0.25, 0.3) is 0 Å². The minimum Gasteiger partial charge on any atom is -0.459 e. The second kappa shape index (κ2) is 17.3. The lowest BCUT2D eigenvalue weighted by Gasteiger charge is -2.50. The highest BCUT2D eigenvalue weighted by molar-refractivity contribution is 5.96. The number of cyclic esters (lactones) is 1. The van der Waals surface area contributed by atoms with E-state index in [1.54, 1.807) is 41.7 Å². The summed E-state index contributed by atoms with van der Waals surface area (Å²) in [6, 6.07) is -0.135. The molecule has 0 amide bonds. The zero-order chi connectivity index (χ0) is 38.8. The van der Waals surface area contributed by atoms with Gasteiger partial charge in [0.05, 0.1) is 47.6 Å². The fourth-order valence-electron chi connectivity index (χ4n) is 8.91. The molecular formula is C39H69NO11. The summed E-state index contributed by atoms with van der Waals surface area (Å²) in [5.41, 5.74) is -3.18. The maximum Gasteiger partial charge on any atom is 0.311 e. The van der Waals surface area contributed by atoms with Crippen LogP contribution >= 0.6 is 0 Å². The quantitative estimate of drug-likeness (QED) is 0.309. The van der Waals surface area contributed by atoms with Crippen molar-refractivity contribution in [3.8, 4) is 0 Å². The van der Waals surface area contributed by atoms with E-state index in [2.05, 4.69) is 0 Å². The van der Waals surface area contributed by atoms with Crippen molar-refractivity contribution in [1.82, 2.24) is 4.90 Å². The molecule has 0 bridgehead atoms. The van der Waals surface area contributed by atoms with E-state index in [1.165, 1.54) is 13.2 Å². The van der Waals surface area contributed by atoms with E-state index in [0.29, 0.717) is 31.3 Å². The number of Topliss-reactive ketones (excluding diaryl/α,β-unsaturated/α-hetero) is 1. The second-order valence-corrected chi connectivity index (χ2v) is 16.6. The Morgan fingerprint density at radius 3 is 2.12 bits per heavy atom. The number of rotatable bonds is 8. The van der Waals surface area contributed by atoms with Crippen LogP contribution in [0.15, 0.2) is 11.6 Å². The Morgan fingerprint density at radius 2 is 1.57 bits per heavy atom. The van der Waals surface area contributed by atoms with Crippen molar-refractivity contribution in [3.63, 3.8) is 0 Å². The number of nitrogens with zero attached hydrogens (tertiary/aromatic N) is 1. The Labute approximate surface area is 306 Å². The van der Waals surface area contributed by atoms with Crippen molar-refractivity contribution in [2.45, 2.75) is 173 Å². The van der Waals surface area contributed by atoms with Crippen LogP contribution in [0.2, 0.25) is 0 Å². The number of methoxy groups -OCH3 is 2. The Bertz CT molecular complexity index is 1210. The van der Waals surface area contributed by atoms with E-state index in [4.69, 9.17) is 28.4 Å². The van der Waals surface area contributed by atoms with Gasteiger partial charge in [0.15, 0.2) is 12.1 Å². The van der Waals surface area contributed by atoms with E-state index in [0.717, 1.165) is 0 Å². The Balaban J connectivity index is 2.22. The molecular weight excluding hydrogens is 658 g/mol. The molecule has 3 heterocycles. The van der Waals surface area contributed by atoms with Gasteiger partial charge in [-0.25, -0.2) is 0 Å². The average Bonchev–Trinajstić information content (AvgIpc) is 3.06. The summed E-state index contributed by atoms with van der Waals surface area (Å²) in [4.78, 5) is 30.1. The molecule has 16 atom stereocenters. The largest absolute Gasteiger partial charge is 0.459 e. The van der Waals surface area contributed by atoms with E-state index in [9.17, 15) is 24.9 Å². The Kier molecular flexibility index (Phi) is 14.9. The molecule has 0 aliphatic carbocycles. The lowest BCUT2D eigenvalue weighted by atomic mass is 9.68. The smallest absolute Gasteiger partial charge is 0.311 e. The van der Waals surface area contributed by atoms with Gasteiger partial charge in [-0.2, -0.15) is 0 Å². The summed E-state index contributed by atoms with van der Waals surface area (Å²) < 4.78 is 37.7. The topological polar surface area (TPSA) is 153 Å². The molecule has 0 unspecified atom stereocenters. The third-order valence-electron chi connectivity index (χ3n) is 12.3. The van der Waals surface area contributed by atoms with Crippen molar-refractivity contribution in [2.24, 2.45) is 23.7 Å². The first-order chi connectivity index (χ1) is 23.5. The first-order valence-electron chi connectivity index (χ1n) is 18.8. The highest BCUT2D eigenvalue weighted by atomic mass is 16.7. The van der Waals surface area contributed by atoms with Gasteiger partial charge in [0.2, 0.25) is 0 Å². The minimum absolute atomic E-state index is 0.114. The predicted octanol–water partition coefficient (Wildman–Crippen LogP) is 4.05. The average molecular weight is 728 g/mol. The first-order valence-corrected chi connectivity index (χ1v) is 18.8. The predicted molar refractivity (Wildman–Crippen MR) is 193 cm³/mol. The molecule has 0 aromatic carbocycles. The van der Waals surface area contributed by atoms with E-state index >= 15 is 0 Å². The zero-order valence-electron chi connectivity index (χ0n) is 33.7. The molecule has 3 aliphatic rings. The number of aliphatic hydroxyl groups excluding tert-OH is 2. The number of allylic oxidation sites excluding steroid dienone is 1. The van der Waals surface area contributed by atoms with Crippen LogP contribution in [0.4, 0.5) is 0 Å². The second-order valence-electron chi connectivity index (χ2n) is 16.6. The van der Waals surface area contributed by atoms with Gasteiger partial charge in [0.1, 0.15) is 17.8 Å². The van der Waals surface area contributed by atoms with Crippen LogP contribution in [0.3, 0.4) is 0 Å². The highest BCUT2D eigenvalue weighted by Gasteiger charge is 2.52. The number of carbonyl (C=O) groups is 2. The molecule has 51 heavy (non-hydrogen) atoms. The summed E-state index contributed by atoms with van der Waals surface area (Å²) in [5, 5.41) is 34.2. The Hall–Kier alpha value is -1.48. The van der Waals surface area contributed by atoms with Crippen molar-refractivity contribution >= 4 is 11.8 Å². The van der Waals surface area contributed by atoms with Gasteiger partial charge < -0.3 is 48.6 Å². The summed E-state index contributed by atoms with van der Waals surface area (Å²) >= 11 is 0. The minimum atomic E-state index is -1.62. The molecule has 0 saturated carbocycles. The number of aliphatic hydroxyl groups is 3. The van der Waals surface area contributed by atoms with Crippen LogP contribution in [0, 0.1) is 23.7 Å². The highest BCUT2D eigenvalue weighted by Crippen LogP contribution is 2.44. The van der Waals surface area contributed by atoms with Crippen molar-refractivity contribution in [1.29, 1.82) is 0 Å². The third-order valence-corrected chi connectivity index (χ3v) is 12.3. The van der Waals surface area contributed by atoms with Crippen LogP contribution in [-0.2, 0) is 38.0 Å². The summed E-state index contributed by atoms with van der Waals surface area (Å²) in [5.74, 6) is -2.95. The fraction of sp³-hybridized carbons (Fsp3) is 0.897. The molecule has 0 radical (unpaired) electrons. The molecule has 0 spiro atoms. The van der Waals surface area contributed by atoms with Crippen molar-refractivity contribution in [3.05, 3.63) is 11.6 Å². The molecule has 12 nitrogen and oxygen atoms in total. The Morgan fingerprint density at radius 1 is 0.961 bits per heavy atom. The molecule has 0 aromatic rings. The van der Waals surface area contributed by atoms with Crippen LogP contribution in [0.1, 0.15) is 101 Å². The zero-order valence-corrected chi connectivity index (χ0v) is 33.7. The van der Waals surface area contributed by atoms with Gasteiger partial charge in [-0.1, -0.05) is 20.8 Å². The maximum atomic E-state index is 14.2. The summed E-state index contributed by atoms with van der Waals surface area (Å²) in [6.45, 7) is 18.2. The molecule has 0 aromatic heterocycles. The van der Waals surface area contributed by atoms with Gasteiger partial charge >= 0.3 is 5.97 Å². The standard InChI is InChI=1S/C39H69NO11/c1-15-30-37(8,45)18-21(2)32(41)22(3)19-38(9,46-13)27(17-29-33(42)28(40(11)12)16-23(4)48-29)24(5)34(25(6)36(44)50-30)51-31-20-39(10,47-14)35(43)26(7)49-31/h18,22-31,33-35,42-43,45H,15-17,19-20H2,1-14H3/b21-18+/t22-,23-,24-,25-,26+,27-,28+,29+,30-,31+,33-,34+,35+,37+,38-,39-/m1/s1. The van der Waals surface area contributed by atoms with Gasteiger partial charge in [-0.05, 0) is 112 Å². The van der Waals surface area contributed by atoms with Crippen molar-refractivity contribution < 1.29 is 53.3 Å². The monoisotopic (exact) mass is 727 g/mol. The molecule has 2 saturated heterocycles. The van der Waals surface area contributed by atoms with Crippen LogP contribution < -0.4 is 0 Å². The van der Waals surface area contributed by atoms with Gasteiger partial charge in [-0.3, -0.25) is 9.59 Å². The lowest BCUT2D eigenvalue weighted by molar-refractivity contribution is -0.299. The van der Waals surface area contributed by atoms with Gasteiger partial charge in [-0.15, -0.1) is 0 Å². The van der Waals surface area contributed by atoms with Crippen LogP contribution in [-0.4, -0.2) is 132 Å². The molecule has 3 N–H and O–H groups in total. The number of hydrogen-bond donors (Lipinski definition) is 3. The normalized spacial score (nSPS) is 47.7. The van der Waals surface area contributed by atoms with E-state index in [1.807, 2.05) is 53.6 Å². The molecule has 2 fully saturated rings. The van der Waals surface area contributed by atoms with Crippen molar-refractivity contribution in [2.75, 3.05) is 28.3 Å². The van der Waals surface area contributed by atoms with Crippen LogP contribution in [0.25, 0.3) is 0 Å². The molecule has 296 valence electrons. The third kappa shape index (κ3) is 9.80. The van der Waals surface area contributed by atoms with E-state index in [-0.39, 0.29) is 24.3 Å². The van der Waals surface area contributed by atoms with Gasteiger partial charge in [0, 0.05) is 32.6 Å². The molecule has 3 rings (SSSR count). The van der Waals surface area contributed by atoms with Crippen LogP contribution in [0.5, 0.6) is 0 Å². The number of hydrogen-bond acceptors (Lipinski definition) is 12. The summed E-state index contributed by atoms with van der Waals surface area (Å²) in [6.07, 6.45) is -2.32. The fourth-order valence-corrected chi connectivity index (χ4v) is 8.91. The first kappa shape index (κ1) is 43.9. The number of ether oxygens (including phenoxy) is 6. The number of esters is 1.